The predicted octanol–water partition coefficient (Wildman–Crippen LogP) is 1.66. The number of ketones is 1. The minimum atomic E-state index is -1.63. The Kier molecular flexibility index (Phi) is 5.56. The van der Waals surface area contributed by atoms with Gasteiger partial charge in [-0.05, 0) is 50.0 Å². The predicted molar refractivity (Wildman–Crippen MR) is 83.0 cm³/mol. The summed E-state index contributed by atoms with van der Waals surface area (Å²) in [7, 11) is 0. The first kappa shape index (κ1) is 16.9. The number of Topliss-reactive ketones (excluding diaryl/α,β-unsaturated/α-hetero) is 1. The Labute approximate surface area is 134 Å². The zero-order chi connectivity index (χ0) is 16.2. The van der Waals surface area contributed by atoms with Crippen LogP contribution in [0.5, 0.6) is 0 Å². The highest BCUT2D eigenvalue weighted by atomic mass is 35.5. The molecule has 0 radical (unpaired) electrons. The number of carboxylic acid groups (broad SMARTS) is 1. The van der Waals surface area contributed by atoms with Gasteiger partial charge in [0.05, 0.1) is 0 Å². The molecule has 0 amide bonds. The van der Waals surface area contributed by atoms with Crippen molar-refractivity contribution in [2.75, 3.05) is 13.1 Å². The van der Waals surface area contributed by atoms with E-state index in [0.29, 0.717) is 37.4 Å². The van der Waals surface area contributed by atoms with E-state index in [1.165, 1.54) is 0 Å². The molecule has 120 valence electrons. The maximum atomic E-state index is 12.6. The van der Waals surface area contributed by atoms with Gasteiger partial charge in [-0.15, -0.1) is 0 Å². The van der Waals surface area contributed by atoms with E-state index in [1.807, 2.05) is 12.1 Å². The summed E-state index contributed by atoms with van der Waals surface area (Å²) in [5, 5.41) is 22.1. The second-order valence-electron chi connectivity index (χ2n) is 5.81. The van der Waals surface area contributed by atoms with Gasteiger partial charge in [0, 0.05) is 16.9 Å². The highest BCUT2D eigenvalue weighted by molar-refractivity contribution is 6.30. The average molecular weight is 326 g/mol. The Morgan fingerprint density at radius 2 is 1.82 bits per heavy atom. The average Bonchev–Trinajstić information content (AvgIpc) is 2.50. The van der Waals surface area contributed by atoms with Crippen LogP contribution in [-0.4, -0.2) is 41.2 Å². The van der Waals surface area contributed by atoms with Crippen molar-refractivity contribution in [3.8, 4) is 0 Å². The standard InChI is InChI=1S/C16H20ClNO4/c17-12-3-1-11(2-4-12)10-16(5-7-18-8-6-16)14(20)9-13(19)15(21)22/h1-4,13,18-19H,5-10H2,(H,21,22)/t13-/m0/s1. The van der Waals surface area contributed by atoms with Crippen LogP contribution in [0.15, 0.2) is 24.3 Å². The lowest BCUT2D eigenvalue weighted by atomic mass is 9.70. The number of piperidine rings is 1. The molecule has 1 aromatic rings. The third kappa shape index (κ3) is 4.06. The highest BCUT2D eigenvalue weighted by Gasteiger charge is 2.40. The molecule has 0 aromatic heterocycles. The Balaban J connectivity index is 2.18. The van der Waals surface area contributed by atoms with E-state index in [1.54, 1.807) is 12.1 Å². The van der Waals surface area contributed by atoms with Gasteiger partial charge >= 0.3 is 5.97 Å². The normalized spacial score (nSPS) is 18.6. The second kappa shape index (κ2) is 7.22. The first-order valence-electron chi connectivity index (χ1n) is 7.32. The summed E-state index contributed by atoms with van der Waals surface area (Å²) in [4.78, 5) is 23.4. The molecule has 0 saturated carbocycles. The van der Waals surface area contributed by atoms with Crippen LogP contribution in [0.25, 0.3) is 0 Å². The van der Waals surface area contributed by atoms with Crippen LogP contribution in [-0.2, 0) is 16.0 Å². The molecule has 1 saturated heterocycles. The maximum absolute atomic E-state index is 12.6. The molecule has 1 atom stereocenters. The van der Waals surface area contributed by atoms with Crippen LogP contribution >= 0.6 is 11.6 Å². The molecule has 0 aliphatic carbocycles. The minimum Gasteiger partial charge on any atom is -0.479 e. The first-order valence-corrected chi connectivity index (χ1v) is 7.70. The molecule has 22 heavy (non-hydrogen) atoms. The second-order valence-corrected chi connectivity index (χ2v) is 6.25. The van der Waals surface area contributed by atoms with Gasteiger partial charge in [0.2, 0.25) is 0 Å². The van der Waals surface area contributed by atoms with Gasteiger partial charge in [-0.2, -0.15) is 0 Å². The maximum Gasteiger partial charge on any atom is 0.332 e. The van der Waals surface area contributed by atoms with E-state index in [4.69, 9.17) is 16.7 Å². The number of carbonyl (C=O) groups is 2. The van der Waals surface area contributed by atoms with E-state index in [-0.39, 0.29) is 12.2 Å². The van der Waals surface area contributed by atoms with Crippen molar-refractivity contribution in [2.45, 2.75) is 31.8 Å². The third-order valence-electron chi connectivity index (χ3n) is 4.27. The van der Waals surface area contributed by atoms with Crippen LogP contribution < -0.4 is 5.32 Å². The monoisotopic (exact) mass is 325 g/mol. The number of carbonyl (C=O) groups excluding carboxylic acids is 1. The molecular formula is C16H20ClNO4. The van der Waals surface area contributed by atoms with E-state index in [9.17, 15) is 14.7 Å². The molecular weight excluding hydrogens is 306 g/mol. The molecule has 1 heterocycles. The van der Waals surface area contributed by atoms with Gasteiger partial charge in [-0.1, -0.05) is 23.7 Å². The minimum absolute atomic E-state index is 0.182. The molecule has 0 bridgehead atoms. The molecule has 6 heteroatoms. The number of rotatable bonds is 6. The van der Waals surface area contributed by atoms with Gasteiger partial charge in [0.15, 0.2) is 6.10 Å². The van der Waals surface area contributed by atoms with Crippen molar-refractivity contribution in [3.05, 3.63) is 34.9 Å². The largest absolute Gasteiger partial charge is 0.479 e. The first-order chi connectivity index (χ1) is 10.4. The van der Waals surface area contributed by atoms with Gasteiger partial charge in [0.25, 0.3) is 0 Å². The topological polar surface area (TPSA) is 86.6 Å². The fraction of sp³-hybridized carbons (Fsp3) is 0.500. The van der Waals surface area contributed by atoms with Crippen LogP contribution in [0.3, 0.4) is 0 Å². The Hall–Kier alpha value is -1.43. The summed E-state index contributed by atoms with van der Waals surface area (Å²) in [6.07, 6.45) is -0.161. The molecule has 1 fully saturated rings. The molecule has 0 unspecified atom stereocenters. The van der Waals surface area contributed by atoms with E-state index < -0.39 is 17.5 Å². The van der Waals surface area contributed by atoms with Crippen molar-refractivity contribution < 1.29 is 19.8 Å². The van der Waals surface area contributed by atoms with Crippen molar-refractivity contribution in [1.29, 1.82) is 0 Å². The highest BCUT2D eigenvalue weighted by Crippen LogP contribution is 2.35. The number of hydrogen-bond acceptors (Lipinski definition) is 4. The lowest BCUT2D eigenvalue weighted by Gasteiger charge is -2.37. The van der Waals surface area contributed by atoms with Crippen LogP contribution in [0.1, 0.15) is 24.8 Å². The lowest BCUT2D eigenvalue weighted by Crippen LogP contribution is -2.45. The van der Waals surface area contributed by atoms with Gasteiger partial charge in [-0.25, -0.2) is 4.79 Å². The molecule has 3 N–H and O–H groups in total. The van der Waals surface area contributed by atoms with Crippen molar-refractivity contribution >= 4 is 23.4 Å². The summed E-state index contributed by atoms with van der Waals surface area (Å²) < 4.78 is 0. The number of nitrogens with one attached hydrogen (secondary N) is 1. The van der Waals surface area contributed by atoms with Crippen LogP contribution in [0, 0.1) is 5.41 Å². The zero-order valence-electron chi connectivity index (χ0n) is 12.2. The summed E-state index contributed by atoms with van der Waals surface area (Å²) in [6, 6.07) is 7.32. The Bertz CT molecular complexity index is 538. The van der Waals surface area contributed by atoms with Crippen LogP contribution in [0.2, 0.25) is 5.02 Å². The Morgan fingerprint density at radius 3 is 2.36 bits per heavy atom. The number of halogens is 1. The summed E-state index contributed by atoms with van der Waals surface area (Å²) in [5.41, 5.74) is 0.375. The number of aliphatic hydroxyl groups excluding tert-OH is 1. The van der Waals surface area contributed by atoms with E-state index in [0.717, 1.165) is 5.56 Å². The van der Waals surface area contributed by atoms with Crippen molar-refractivity contribution in [2.24, 2.45) is 5.41 Å². The SMILES string of the molecule is O=C(O)[C@@H](O)CC(=O)C1(Cc2ccc(Cl)cc2)CCNCC1. The molecule has 0 spiro atoms. The number of aliphatic hydroxyl groups is 1. The fourth-order valence-electron chi connectivity index (χ4n) is 2.93. The smallest absolute Gasteiger partial charge is 0.332 e. The summed E-state index contributed by atoms with van der Waals surface area (Å²) in [6.45, 7) is 1.42. The molecule has 1 aliphatic heterocycles. The summed E-state index contributed by atoms with van der Waals surface area (Å²) in [5.74, 6) is -1.54. The Morgan fingerprint density at radius 1 is 1.23 bits per heavy atom. The fourth-order valence-corrected chi connectivity index (χ4v) is 3.06. The van der Waals surface area contributed by atoms with Crippen LogP contribution in [0.4, 0.5) is 0 Å². The number of benzene rings is 1. The number of carboxylic acids is 1. The zero-order valence-corrected chi connectivity index (χ0v) is 13.0. The quantitative estimate of drug-likeness (QED) is 0.740. The van der Waals surface area contributed by atoms with Gasteiger partial charge in [-0.3, -0.25) is 4.79 Å². The summed E-state index contributed by atoms with van der Waals surface area (Å²) >= 11 is 5.88. The van der Waals surface area contributed by atoms with Crippen molar-refractivity contribution in [3.63, 3.8) is 0 Å². The molecule has 1 aromatic carbocycles. The van der Waals surface area contributed by atoms with E-state index >= 15 is 0 Å². The van der Waals surface area contributed by atoms with Gasteiger partial charge in [0.1, 0.15) is 5.78 Å². The van der Waals surface area contributed by atoms with E-state index in [2.05, 4.69) is 5.32 Å². The third-order valence-corrected chi connectivity index (χ3v) is 4.52. The molecule has 5 nitrogen and oxygen atoms in total. The number of hydrogen-bond donors (Lipinski definition) is 3. The van der Waals surface area contributed by atoms with Gasteiger partial charge < -0.3 is 15.5 Å². The molecule has 1 aliphatic rings. The lowest BCUT2D eigenvalue weighted by molar-refractivity contribution is -0.150. The van der Waals surface area contributed by atoms with Crippen molar-refractivity contribution in [1.82, 2.24) is 5.32 Å². The number of aliphatic carboxylic acids is 1. The molecule has 2 rings (SSSR count).